The Balaban J connectivity index is 2.68. The first-order valence-electron chi connectivity index (χ1n) is 14.4. The quantitative estimate of drug-likeness (QED) is 0.0972. The van der Waals surface area contributed by atoms with Crippen molar-refractivity contribution in [2.24, 2.45) is 5.41 Å². The number of halogens is 10. The van der Waals surface area contributed by atoms with Gasteiger partial charge in [0.05, 0.1) is 30.6 Å². The van der Waals surface area contributed by atoms with Crippen molar-refractivity contribution < 1.29 is 63.3 Å². The summed E-state index contributed by atoms with van der Waals surface area (Å²) in [5.41, 5.74) is -5.29. The minimum absolute atomic E-state index is 0.0580. The molecule has 0 spiro atoms. The number of aliphatic hydroxyl groups excluding tert-OH is 1. The lowest BCUT2D eigenvalue weighted by molar-refractivity contribution is -0.274. The highest BCUT2D eigenvalue weighted by Gasteiger charge is 2.43. The van der Waals surface area contributed by atoms with Crippen molar-refractivity contribution in [3.05, 3.63) is 144 Å². The molecular formula is C35H33F10NO4. The molecule has 0 aliphatic rings. The van der Waals surface area contributed by atoms with E-state index in [0.717, 1.165) is 24.3 Å². The van der Waals surface area contributed by atoms with Gasteiger partial charge in [0.2, 0.25) is 0 Å². The van der Waals surface area contributed by atoms with Gasteiger partial charge in [-0.15, -0.1) is 0 Å². The molecule has 0 aromatic heterocycles. The Kier molecular flexibility index (Phi) is 14.3. The molecule has 50 heavy (non-hydrogen) atoms. The number of carbonyl (C=O) groups excluding carboxylic acids is 1. The third kappa shape index (κ3) is 12.3. The van der Waals surface area contributed by atoms with Gasteiger partial charge in [-0.3, -0.25) is 4.79 Å². The van der Waals surface area contributed by atoms with Gasteiger partial charge in [-0.2, -0.15) is 30.7 Å². The third-order valence-electron chi connectivity index (χ3n) is 6.74. The summed E-state index contributed by atoms with van der Waals surface area (Å²) < 4.78 is 144. The molecule has 1 atom stereocenters. The van der Waals surface area contributed by atoms with Gasteiger partial charge in [0.25, 0.3) is 5.91 Å². The predicted molar refractivity (Wildman–Crippen MR) is 166 cm³/mol. The largest absolute Gasteiger partial charge is 0.490 e. The fourth-order valence-corrected chi connectivity index (χ4v) is 3.89. The van der Waals surface area contributed by atoms with Crippen LogP contribution in [0.15, 0.2) is 121 Å². The number of hydrogen-bond acceptors (Lipinski definition) is 4. The van der Waals surface area contributed by atoms with Crippen molar-refractivity contribution in [1.29, 1.82) is 0 Å². The van der Waals surface area contributed by atoms with Gasteiger partial charge in [0.15, 0.2) is 5.83 Å². The van der Waals surface area contributed by atoms with Crippen molar-refractivity contribution in [2.45, 2.75) is 44.5 Å². The summed E-state index contributed by atoms with van der Waals surface area (Å²) in [5, 5.41) is 11.8. The van der Waals surface area contributed by atoms with Crippen LogP contribution >= 0.6 is 0 Å². The number of carbonyl (C=O) groups is 1. The Labute approximate surface area is 281 Å². The summed E-state index contributed by atoms with van der Waals surface area (Å²) in [4.78, 5) is 13.5. The van der Waals surface area contributed by atoms with Crippen LogP contribution in [0.2, 0.25) is 0 Å². The molecule has 0 aliphatic heterocycles. The number of nitrogens with one attached hydrogen (secondary N) is 1. The maximum absolute atomic E-state index is 15.0. The molecule has 0 radical (unpaired) electrons. The lowest BCUT2D eigenvalue weighted by Gasteiger charge is -2.33. The first-order chi connectivity index (χ1) is 23.1. The molecule has 0 unspecified atom stereocenters. The first-order valence-corrected chi connectivity index (χ1v) is 14.4. The zero-order valence-electron chi connectivity index (χ0n) is 26.6. The number of benzene rings is 2. The molecule has 2 N–H and O–H groups in total. The highest BCUT2D eigenvalue weighted by atomic mass is 19.4. The first kappa shape index (κ1) is 41.4. The predicted octanol–water partition coefficient (Wildman–Crippen LogP) is 9.31. The minimum atomic E-state index is -5.19. The molecule has 15 heteroatoms. The van der Waals surface area contributed by atoms with Crippen molar-refractivity contribution in [1.82, 2.24) is 5.32 Å². The van der Waals surface area contributed by atoms with Gasteiger partial charge < -0.3 is 19.9 Å². The summed E-state index contributed by atoms with van der Waals surface area (Å²) in [6.45, 7) is 10.0. The van der Waals surface area contributed by atoms with Crippen LogP contribution in [0, 0.1) is 11.2 Å². The van der Waals surface area contributed by atoms with Crippen molar-refractivity contribution in [3.8, 4) is 0 Å². The highest BCUT2D eigenvalue weighted by molar-refractivity contribution is 5.95. The second-order valence-corrected chi connectivity index (χ2v) is 11.5. The molecule has 0 bridgehead atoms. The van der Waals surface area contributed by atoms with Crippen molar-refractivity contribution in [2.75, 3.05) is 13.2 Å². The number of hydrogen-bond donors (Lipinski definition) is 2. The molecule has 2 aromatic carbocycles. The number of allylic oxidation sites excluding steroid dienone is 5. The van der Waals surface area contributed by atoms with Crippen LogP contribution in [-0.2, 0) is 22.1 Å². The Hall–Kier alpha value is -4.79. The molecule has 0 saturated carbocycles. The van der Waals surface area contributed by atoms with Gasteiger partial charge in [0.1, 0.15) is 17.4 Å². The van der Waals surface area contributed by atoms with E-state index in [1.54, 1.807) is 32.0 Å². The number of aliphatic hydroxyl groups is 1. The van der Waals surface area contributed by atoms with Gasteiger partial charge in [-0.1, -0.05) is 69.5 Å². The summed E-state index contributed by atoms with van der Waals surface area (Å²) in [5.74, 6) is -5.86. The fraction of sp³-hybridized carbons (Fsp3) is 0.286. The maximum atomic E-state index is 15.0. The lowest BCUT2D eigenvalue weighted by Crippen LogP contribution is -2.50. The van der Waals surface area contributed by atoms with Crippen LogP contribution in [0.3, 0.4) is 0 Å². The number of amides is 1. The molecule has 0 fully saturated rings. The van der Waals surface area contributed by atoms with E-state index in [1.807, 2.05) is 0 Å². The van der Waals surface area contributed by atoms with Gasteiger partial charge in [-0.25, -0.2) is 13.2 Å². The average Bonchev–Trinajstić information content (AvgIpc) is 3.03. The van der Waals surface area contributed by atoms with Gasteiger partial charge >= 0.3 is 18.7 Å². The van der Waals surface area contributed by atoms with Crippen LogP contribution < -0.4 is 5.32 Å². The van der Waals surface area contributed by atoms with Crippen molar-refractivity contribution in [3.63, 3.8) is 0 Å². The molecule has 272 valence electrons. The van der Waals surface area contributed by atoms with Crippen LogP contribution in [0.25, 0.3) is 0 Å². The molecular weight excluding hydrogens is 688 g/mol. The second-order valence-electron chi connectivity index (χ2n) is 11.5. The maximum Gasteiger partial charge on any atom is 0.460 e. The van der Waals surface area contributed by atoms with E-state index in [4.69, 9.17) is 4.74 Å². The Bertz CT molecular complexity index is 1630. The number of ether oxygens (including phenoxy) is 2. The Morgan fingerprint density at radius 2 is 1.66 bits per heavy atom. The van der Waals surface area contributed by atoms with Crippen LogP contribution in [-0.4, -0.2) is 42.3 Å². The summed E-state index contributed by atoms with van der Waals surface area (Å²) >= 11 is 0. The molecule has 0 saturated heterocycles. The third-order valence-corrected chi connectivity index (χ3v) is 6.74. The zero-order valence-corrected chi connectivity index (χ0v) is 26.6. The van der Waals surface area contributed by atoms with E-state index in [2.05, 4.69) is 23.2 Å². The van der Waals surface area contributed by atoms with Crippen molar-refractivity contribution >= 4 is 5.91 Å². The zero-order chi connectivity index (χ0) is 37.9. The molecule has 0 heterocycles. The number of rotatable bonds is 17. The minimum Gasteiger partial charge on any atom is -0.490 e. The second kappa shape index (κ2) is 17.2. The normalized spacial score (nSPS) is 14.6. The summed E-state index contributed by atoms with van der Waals surface area (Å²) in [6, 6.07) is 9.22. The van der Waals surface area contributed by atoms with E-state index >= 15 is 0 Å². The van der Waals surface area contributed by atoms with E-state index in [0.29, 0.717) is 17.7 Å². The molecule has 1 amide bonds. The highest BCUT2D eigenvalue weighted by Crippen LogP contribution is 2.33. The van der Waals surface area contributed by atoms with E-state index in [9.17, 15) is 53.8 Å². The molecule has 2 rings (SSSR count). The van der Waals surface area contributed by atoms with Gasteiger partial charge in [-0.05, 0) is 41.5 Å². The molecule has 2 aromatic rings. The number of alkyl halides is 7. The topological polar surface area (TPSA) is 67.8 Å². The average molecular weight is 722 g/mol. The Morgan fingerprint density at radius 3 is 2.24 bits per heavy atom. The summed E-state index contributed by atoms with van der Waals surface area (Å²) in [6.07, 6.45) is -11.1. The fourth-order valence-electron chi connectivity index (χ4n) is 3.89. The van der Waals surface area contributed by atoms with Crippen LogP contribution in [0.4, 0.5) is 43.9 Å². The smallest absolute Gasteiger partial charge is 0.460 e. The summed E-state index contributed by atoms with van der Waals surface area (Å²) in [7, 11) is 0. The lowest BCUT2D eigenvalue weighted by atomic mass is 9.82. The van der Waals surface area contributed by atoms with E-state index in [-0.39, 0.29) is 38.0 Å². The van der Waals surface area contributed by atoms with Gasteiger partial charge in [0, 0.05) is 23.5 Å². The monoisotopic (exact) mass is 721 g/mol. The van der Waals surface area contributed by atoms with Crippen LogP contribution in [0.5, 0.6) is 0 Å². The molecule has 0 aliphatic carbocycles. The standard InChI is InChI=1S/C35H33F10NO4/c1-22(17-26(36)14-16-50-35(44,45)31(39)40)33(19-24-9-6-5-7-10-24,15-8-11-28(37)23(2)49-21-32(3,4)20-47)46-30(48)25-12-13-29(38)27(18-25)34(41,42)43/h5-18,31,47H,1-2,19-21H2,3-4H3,(H,46,48)/t33-/m0/s1. The van der Waals surface area contributed by atoms with E-state index < -0.39 is 75.5 Å². The van der Waals surface area contributed by atoms with E-state index in [1.165, 1.54) is 12.1 Å². The SMILES string of the molecule is C=C(OCC(C)(C)CO)C(F)=CC=C[C@@](Cc1ccccc1)(NC(=O)c1ccc(F)c(C(F)(F)F)c1)C(=C)C=C(F)C=COC(F)(F)C(F)F. The molecule has 5 nitrogen and oxygen atoms in total. The Morgan fingerprint density at radius 1 is 1.02 bits per heavy atom. The van der Waals surface area contributed by atoms with Crippen LogP contribution in [0.1, 0.15) is 35.3 Å².